The molecule has 0 N–H and O–H groups in total. The highest BCUT2D eigenvalue weighted by Gasteiger charge is 2.26. The zero-order valence-electron chi connectivity index (χ0n) is 12.5. The zero-order chi connectivity index (χ0) is 14.8. The molecule has 112 valence electrons. The van der Waals surface area contributed by atoms with Gasteiger partial charge in [0.1, 0.15) is 9.84 Å². The lowest BCUT2D eigenvalue weighted by Crippen LogP contribution is -2.29. The summed E-state index contributed by atoms with van der Waals surface area (Å²) in [7, 11) is 1.19. The molecule has 2 rings (SSSR count). The molecule has 20 heavy (non-hydrogen) atoms. The Bertz CT molecular complexity index is 555. The molecule has 0 unspecified atom stereocenters. The molecule has 4 nitrogen and oxygen atoms in total. The van der Waals surface area contributed by atoms with Crippen molar-refractivity contribution in [3.63, 3.8) is 0 Å². The number of hydrogen-bond acceptors (Lipinski definition) is 4. The third-order valence-electron chi connectivity index (χ3n) is 3.88. The van der Waals surface area contributed by atoms with Crippen LogP contribution in [0, 0.1) is 0 Å². The summed E-state index contributed by atoms with van der Waals surface area (Å²) in [4.78, 5) is 4.40. The van der Waals surface area contributed by atoms with Crippen molar-refractivity contribution in [2.45, 2.75) is 18.9 Å². The summed E-state index contributed by atoms with van der Waals surface area (Å²) in [6.45, 7) is 1.63. The molecule has 0 aliphatic carbocycles. The number of benzene rings is 1. The predicted octanol–water partition coefficient (Wildman–Crippen LogP) is 1.93. The second-order valence-electron chi connectivity index (χ2n) is 5.81. The number of hydrogen-bond donors (Lipinski definition) is 0. The summed E-state index contributed by atoms with van der Waals surface area (Å²) < 4.78 is 22.7. The van der Waals surface area contributed by atoms with Crippen molar-refractivity contribution in [3.05, 3.63) is 29.8 Å². The lowest BCUT2D eigenvalue weighted by Gasteiger charge is -2.25. The second-order valence-corrected chi connectivity index (χ2v) is 8.07. The van der Waals surface area contributed by atoms with Crippen LogP contribution >= 0.6 is 0 Å². The van der Waals surface area contributed by atoms with Crippen molar-refractivity contribution >= 4 is 15.5 Å². The van der Waals surface area contributed by atoms with Crippen LogP contribution in [0.3, 0.4) is 0 Å². The molecule has 1 aliphatic heterocycles. The smallest absolute Gasteiger partial charge is 0.148 e. The molecule has 0 amide bonds. The number of nitrogens with zero attached hydrogens (tertiary/aromatic N) is 2. The van der Waals surface area contributed by atoms with Crippen LogP contribution in [0.4, 0.5) is 5.69 Å². The Labute approximate surface area is 122 Å². The van der Waals surface area contributed by atoms with Gasteiger partial charge in [0.05, 0.1) is 5.75 Å². The Morgan fingerprint density at radius 1 is 1.35 bits per heavy atom. The maximum atomic E-state index is 11.3. The van der Waals surface area contributed by atoms with Crippen LogP contribution in [-0.4, -0.2) is 52.5 Å². The van der Waals surface area contributed by atoms with E-state index >= 15 is 0 Å². The topological polar surface area (TPSA) is 40.6 Å². The first kappa shape index (κ1) is 15.3. The van der Waals surface area contributed by atoms with E-state index < -0.39 is 9.84 Å². The molecule has 0 aromatic heterocycles. The molecular weight excluding hydrogens is 272 g/mol. The van der Waals surface area contributed by atoms with Gasteiger partial charge in [-0.15, -0.1) is 0 Å². The number of rotatable bonds is 5. The summed E-state index contributed by atoms with van der Waals surface area (Å²) in [6.07, 6.45) is 3.56. The maximum absolute atomic E-state index is 11.3. The van der Waals surface area contributed by atoms with Crippen LogP contribution in [0.15, 0.2) is 24.3 Å². The van der Waals surface area contributed by atoms with Crippen LogP contribution in [-0.2, 0) is 9.84 Å². The Morgan fingerprint density at radius 2 is 2.10 bits per heavy atom. The average molecular weight is 296 g/mol. The van der Waals surface area contributed by atoms with Crippen molar-refractivity contribution in [2.24, 2.45) is 0 Å². The van der Waals surface area contributed by atoms with Gasteiger partial charge in [-0.2, -0.15) is 0 Å². The lowest BCUT2D eigenvalue weighted by atomic mass is 10.0. The van der Waals surface area contributed by atoms with Gasteiger partial charge in [0.2, 0.25) is 0 Å². The Kier molecular flexibility index (Phi) is 4.70. The van der Waals surface area contributed by atoms with Crippen molar-refractivity contribution in [2.75, 3.05) is 44.1 Å². The lowest BCUT2D eigenvalue weighted by molar-refractivity contribution is 0.272. The Morgan fingerprint density at radius 3 is 2.75 bits per heavy atom. The summed E-state index contributed by atoms with van der Waals surface area (Å²) in [5.41, 5.74) is 2.49. The van der Waals surface area contributed by atoms with Crippen LogP contribution in [0.1, 0.15) is 24.4 Å². The van der Waals surface area contributed by atoms with Crippen molar-refractivity contribution in [1.29, 1.82) is 0 Å². The third-order valence-corrected chi connectivity index (χ3v) is 4.81. The van der Waals surface area contributed by atoms with Gasteiger partial charge in [-0.25, -0.2) is 8.42 Å². The van der Waals surface area contributed by atoms with Gasteiger partial charge in [0, 0.05) is 38.6 Å². The fourth-order valence-corrected chi connectivity index (χ4v) is 3.33. The molecule has 5 heteroatoms. The molecular formula is C15H24N2O2S. The Balaban J connectivity index is 2.12. The SMILES string of the molecule is CN(C)c1cccc([C@H]2CCCN2CCS(C)(=O)=O)c1. The molecule has 1 saturated heterocycles. The van der Waals surface area contributed by atoms with Crippen LogP contribution in [0.2, 0.25) is 0 Å². The van der Waals surface area contributed by atoms with Crippen molar-refractivity contribution in [1.82, 2.24) is 4.90 Å². The highest BCUT2D eigenvalue weighted by molar-refractivity contribution is 7.90. The second kappa shape index (κ2) is 6.14. The van der Waals surface area contributed by atoms with E-state index in [0.29, 0.717) is 12.6 Å². The fourth-order valence-electron chi connectivity index (χ4n) is 2.76. The first-order chi connectivity index (χ1) is 9.37. The quantitative estimate of drug-likeness (QED) is 0.832. The highest BCUT2D eigenvalue weighted by Crippen LogP contribution is 2.33. The van der Waals surface area contributed by atoms with E-state index in [0.717, 1.165) is 19.4 Å². The summed E-state index contributed by atoms with van der Waals surface area (Å²) in [5, 5.41) is 0. The largest absolute Gasteiger partial charge is 0.378 e. The summed E-state index contributed by atoms with van der Waals surface area (Å²) in [6, 6.07) is 8.90. The van der Waals surface area contributed by atoms with Gasteiger partial charge < -0.3 is 4.90 Å². The van der Waals surface area contributed by atoms with E-state index in [2.05, 4.69) is 34.1 Å². The fraction of sp³-hybridized carbons (Fsp3) is 0.600. The molecule has 1 heterocycles. The van der Waals surface area contributed by atoms with E-state index in [1.54, 1.807) is 0 Å². The van der Waals surface area contributed by atoms with Crippen LogP contribution < -0.4 is 4.90 Å². The molecule has 1 aromatic carbocycles. The Hall–Kier alpha value is -1.07. The minimum Gasteiger partial charge on any atom is -0.378 e. The summed E-state index contributed by atoms with van der Waals surface area (Å²) >= 11 is 0. The van der Waals surface area contributed by atoms with E-state index in [1.165, 1.54) is 17.5 Å². The number of likely N-dealkylation sites (tertiary alicyclic amines) is 1. The average Bonchev–Trinajstić information content (AvgIpc) is 2.84. The highest BCUT2D eigenvalue weighted by atomic mass is 32.2. The van der Waals surface area contributed by atoms with Gasteiger partial charge in [-0.1, -0.05) is 12.1 Å². The van der Waals surface area contributed by atoms with Gasteiger partial charge >= 0.3 is 0 Å². The van der Waals surface area contributed by atoms with Crippen molar-refractivity contribution in [3.8, 4) is 0 Å². The molecule has 0 spiro atoms. The van der Waals surface area contributed by atoms with E-state index in [4.69, 9.17) is 0 Å². The van der Waals surface area contributed by atoms with E-state index in [-0.39, 0.29) is 5.75 Å². The number of sulfone groups is 1. The van der Waals surface area contributed by atoms with Gasteiger partial charge in [-0.05, 0) is 37.1 Å². The first-order valence-electron chi connectivity index (χ1n) is 7.06. The normalized spacial score (nSPS) is 20.2. The predicted molar refractivity (Wildman–Crippen MR) is 84.0 cm³/mol. The number of anilines is 1. The zero-order valence-corrected chi connectivity index (χ0v) is 13.4. The minimum atomic E-state index is -2.89. The molecule has 1 aromatic rings. The first-order valence-corrected chi connectivity index (χ1v) is 9.12. The van der Waals surface area contributed by atoms with E-state index in [9.17, 15) is 8.42 Å². The standard InChI is InChI=1S/C15H24N2O2S/c1-16(2)14-7-4-6-13(12-14)15-8-5-9-17(15)10-11-20(3,18)19/h4,6-7,12,15H,5,8-11H2,1-3H3/t15-/m1/s1. The molecule has 0 saturated carbocycles. The molecule has 0 bridgehead atoms. The van der Waals surface area contributed by atoms with Gasteiger partial charge in [-0.3, -0.25) is 4.90 Å². The molecule has 1 atom stereocenters. The monoisotopic (exact) mass is 296 g/mol. The molecule has 1 fully saturated rings. The van der Waals surface area contributed by atoms with Crippen LogP contribution in [0.25, 0.3) is 0 Å². The van der Waals surface area contributed by atoms with Gasteiger partial charge in [0.15, 0.2) is 0 Å². The molecule has 1 aliphatic rings. The third kappa shape index (κ3) is 3.96. The summed E-state index contributed by atoms with van der Waals surface area (Å²) in [5.74, 6) is 0.247. The maximum Gasteiger partial charge on any atom is 0.148 e. The van der Waals surface area contributed by atoms with Crippen molar-refractivity contribution < 1.29 is 8.42 Å². The minimum absolute atomic E-state index is 0.247. The van der Waals surface area contributed by atoms with Crippen LogP contribution in [0.5, 0.6) is 0 Å². The molecule has 0 radical (unpaired) electrons. The van der Waals surface area contributed by atoms with Gasteiger partial charge in [0.25, 0.3) is 0 Å². The van der Waals surface area contributed by atoms with E-state index in [1.807, 2.05) is 14.1 Å².